The van der Waals surface area contributed by atoms with Crippen LogP contribution in [0.5, 0.6) is 0 Å². The Morgan fingerprint density at radius 2 is 1.97 bits per heavy atom. The highest BCUT2D eigenvalue weighted by Gasteiger charge is 2.19. The van der Waals surface area contributed by atoms with Crippen molar-refractivity contribution in [1.82, 2.24) is 25.2 Å². The smallest absolute Gasteiger partial charge is 0.251 e. The number of anilines is 1. The number of pyridine rings is 1. The van der Waals surface area contributed by atoms with Gasteiger partial charge in [-0.25, -0.2) is 15.0 Å². The van der Waals surface area contributed by atoms with Crippen LogP contribution in [-0.2, 0) is 11.3 Å². The van der Waals surface area contributed by atoms with Crippen LogP contribution in [0.4, 0.5) is 5.82 Å². The maximum atomic E-state index is 12.3. The molecule has 2 aliphatic heterocycles. The SMILES string of the molecule is NC(=O)c1cc(-c2ccc(CN3CCOCC3)cc2)nc2c(NC3CCCCNC3)ncnc12. The Kier molecular flexibility index (Phi) is 6.94. The van der Waals surface area contributed by atoms with Crippen LogP contribution < -0.4 is 16.4 Å². The number of hydrogen-bond donors (Lipinski definition) is 3. The molecule has 0 radical (unpaired) electrons. The molecule has 178 valence electrons. The average Bonchev–Trinajstić information content (AvgIpc) is 3.13. The van der Waals surface area contributed by atoms with E-state index in [9.17, 15) is 4.79 Å². The van der Waals surface area contributed by atoms with Crippen LogP contribution in [-0.4, -0.2) is 71.2 Å². The van der Waals surface area contributed by atoms with Crippen LogP contribution in [0.25, 0.3) is 22.3 Å². The van der Waals surface area contributed by atoms with E-state index in [1.807, 2.05) is 12.1 Å². The minimum Gasteiger partial charge on any atom is -0.379 e. The molecule has 2 saturated heterocycles. The number of fused-ring (bicyclic) bond motifs is 1. The third-order valence-corrected chi connectivity index (χ3v) is 6.50. The van der Waals surface area contributed by atoms with E-state index < -0.39 is 5.91 Å². The number of benzene rings is 1. The molecule has 4 N–H and O–H groups in total. The number of amides is 1. The summed E-state index contributed by atoms with van der Waals surface area (Å²) >= 11 is 0. The van der Waals surface area contributed by atoms with Gasteiger partial charge in [0.2, 0.25) is 0 Å². The lowest BCUT2D eigenvalue weighted by molar-refractivity contribution is 0.0342. The molecule has 2 aromatic heterocycles. The highest BCUT2D eigenvalue weighted by atomic mass is 16.5. The van der Waals surface area contributed by atoms with Gasteiger partial charge in [-0.3, -0.25) is 9.69 Å². The van der Waals surface area contributed by atoms with Crippen molar-refractivity contribution in [3.63, 3.8) is 0 Å². The number of nitrogens with zero attached hydrogens (tertiary/aromatic N) is 4. The first-order valence-corrected chi connectivity index (χ1v) is 12.0. The number of rotatable bonds is 6. The van der Waals surface area contributed by atoms with E-state index in [2.05, 4.69) is 37.6 Å². The monoisotopic (exact) mass is 461 g/mol. The van der Waals surface area contributed by atoms with E-state index >= 15 is 0 Å². The van der Waals surface area contributed by atoms with Crippen molar-refractivity contribution in [2.45, 2.75) is 31.8 Å². The van der Waals surface area contributed by atoms with Crippen molar-refractivity contribution >= 4 is 22.8 Å². The zero-order valence-electron chi connectivity index (χ0n) is 19.3. The maximum Gasteiger partial charge on any atom is 0.251 e. The number of primary amides is 1. The lowest BCUT2D eigenvalue weighted by atomic mass is 10.0. The van der Waals surface area contributed by atoms with Crippen molar-refractivity contribution in [2.24, 2.45) is 5.73 Å². The fourth-order valence-corrected chi connectivity index (χ4v) is 4.61. The normalized spacial score (nSPS) is 19.6. The van der Waals surface area contributed by atoms with Gasteiger partial charge in [0.05, 0.1) is 24.5 Å². The second kappa shape index (κ2) is 10.4. The Hall–Kier alpha value is -3.14. The summed E-state index contributed by atoms with van der Waals surface area (Å²) in [4.78, 5) is 28.4. The molecular formula is C25H31N7O2. The van der Waals surface area contributed by atoms with Gasteiger partial charge in [0.25, 0.3) is 5.91 Å². The predicted molar refractivity (Wildman–Crippen MR) is 132 cm³/mol. The van der Waals surface area contributed by atoms with Gasteiger partial charge in [0.1, 0.15) is 17.4 Å². The van der Waals surface area contributed by atoms with Crippen molar-refractivity contribution in [3.05, 3.63) is 47.8 Å². The van der Waals surface area contributed by atoms with Crippen molar-refractivity contribution in [1.29, 1.82) is 0 Å². The maximum absolute atomic E-state index is 12.3. The van der Waals surface area contributed by atoms with Crippen LogP contribution >= 0.6 is 0 Å². The first-order valence-electron chi connectivity index (χ1n) is 12.0. The van der Waals surface area contributed by atoms with Gasteiger partial charge < -0.3 is 21.1 Å². The Labute approximate surface area is 199 Å². The largest absolute Gasteiger partial charge is 0.379 e. The first kappa shape index (κ1) is 22.6. The topological polar surface area (TPSA) is 118 Å². The second-order valence-electron chi connectivity index (χ2n) is 8.97. The highest BCUT2D eigenvalue weighted by molar-refractivity contribution is 6.06. The summed E-state index contributed by atoms with van der Waals surface area (Å²) in [5.74, 6) is 0.102. The van der Waals surface area contributed by atoms with Crippen molar-refractivity contribution in [2.75, 3.05) is 44.7 Å². The second-order valence-corrected chi connectivity index (χ2v) is 8.97. The van der Waals surface area contributed by atoms with Gasteiger partial charge in [0, 0.05) is 37.8 Å². The van der Waals surface area contributed by atoms with Gasteiger partial charge in [0.15, 0.2) is 5.82 Å². The molecule has 1 aromatic carbocycles. The number of nitrogens with one attached hydrogen (secondary N) is 2. The lowest BCUT2D eigenvalue weighted by Gasteiger charge is -2.26. The van der Waals surface area contributed by atoms with E-state index in [0.29, 0.717) is 28.1 Å². The van der Waals surface area contributed by atoms with Crippen molar-refractivity contribution in [3.8, 4) is 11.3 Å². The molecule has 1 atom stereocenters. The Morgan fingerprint density at radius 1 is 1.15 bits per heavy atom. The summed E-state index contributed by atoms with van der Waals surface area (Å²) in [6.45, 7) is 6.23. The van der Waals surface area contributed by atoms with Crippen molar-refractivity contribution < 1.29 is 9.53 Å². The quantitative estimate of drug-likeness (QED) is 0.511. The number of ether oxygens (including phenoxy) is 1. The van der Waals surface area contributed by atoms with Gasteiger partial charge in [-0.2, -0.15) is 0 Å². The molecule has 0 aliphatic carbocycles. The molecule has 4 heterocycles. The van der Waals surface area contributed by atoms with E-state index in [4.69, 9.17) is 15.5 Å². The Bertz CT molecular complexity index is 1140. The molecule has 34 heavy (non-hydrogen) atoms. The third kappa shape index (κ3) is 5.16. The van der Waals surface area contributed by atoms with Crippen LogP contribution in [0.3, 0.4) is 0 Å². The number of hydrogen-bond acceptors (Lipinski definition) is 8. The molecule has 1 amide bonds. The standard InChI is InChI=1S/C25H31N7O2/c26-24(33)20-13-21(18-6-4-17(5-7-18)15-32-9-11-34-12-10-32)31-23-22(20)28-16-29-25(23)30-19-3-1-2-8-27-14-19/h4-7,13,16,19,27H,1-3,8-12,14-15H2,(H2,26,33)(H,28,29,30). The van der Waals surface area contributed by atoms with Crippen LogP contribution in [0, 0.1) is 0 Å². The van der Waals surface area contributed by atoms with E-state index in [-0.39, 0.29) is 6.04 Å². The zero-order valence-corrected chi connectivity index (χ0v) is 19.3. The molecule has 1 unspecified atom stereocenters. The number of nitrogens with two attached hydrogens (primary N) is 1. The van der Waals surface area contributed by atoms with Crippen LogP contribution in [0.15, 0.2) is 36.7 Å². The molecule has 9 nitrogen and oxygen atoms in total. The van der Waals surface area contributed by atoms with Gasteiger partial charge in [-0.1, -0.05) is 30.7 Å². The third-order valence-electron chi connectivity index (χ3n) is 6.50. The predicted octanol–water partition coefficient (Wildman–Crippen LogP) is 2.18. The molecule has 9 heteroatoms. The summed E-state index contributed by atoms with van der Waals surface area (Å²) in [7, 11) is 0. The Balaban J connectivity index is 1.46. The molecule has 2 fully saturated rings. The van der Waals surface area contributed by atoms with E-state index in [1.165, 1.54) is 18.3 Å². The van der Waals surface area contributed by atoms with E-state index in [1.54, 1.807) is 6.07 Å². The lowest BCUT2D eigenvalue weighted by Crippen LogP contribution is -2.35. The summed E-state index contributed by atoms with van der Waals surface area (Å²) < 4.78 is 5.44. The minimum absolute atomic E-state index is 0.238. The fraction of sp³-hybridized carbons (Fsp3) is 0.440. The van der Waals surface area contributed by atoms with Crippen LogP contribution in [0.1, 0.15) is 35.2 Å². The molecule has 0 bridgehead atoms. The van der Waals surface area contributed by atoms with Gasteiger partial charge >= 0.3 is 0 Å². The Morgan fingerprint density at radius 3 is 2.76 bits per heavy atom. The molecular weight excluding hydrogens is 430 g/mol. The first-order chi connectivity index (χ1) is 16.7. The zero-order chi connectivity index (χ0) is 23.3. The average molecular weight is 462 g/mol. The minimum atomic E-state index is -0.529. The fourth-order valence-electron chi connectivity index (χ4n) is 4.61. The van der Waals surface area contributed by atoms with Crippen LogP contribution in [0.2, 0.25) is 0 Å². The molecule has 2 aliphatic rings. The molecule has 3 aromatic rings. The number of morpholine rings is 1. The van der Waals surface area contributed by atoms with Gasteiger partial charge in [-0.15, -0.1) is 0 Å². The highest BCUT2D eigenvalue weighted by Crippen LogP contribution is 2.28. The number of aromatic nitrogens is 3. The molecule has 0 spiro atoms. The molecule has 5 rings (SSSR count). The summed E-state index contributed by atoms with van der Waals surface area (Å²) in [5, 5.41) is 6.98. The summed E-state index contributed by atoms with van der Waals surface area (Å²) in [5.41, 5.74) is 9.95. The summed E-state index contributed by atoms with van der Waals surface area (Å²) in [6.07, 6.45) is 4.82. The number of carbonyl (C=O) groups excluding carboxylic acids is 1. The van der Waals surface area contributed by atoms with E-state index in [0.717, 1.165) is 64.3 Å². The summed E-state index contributed by atoms with van der Waals surface area (Å²) in [6, 6.07) is 10.3. The number of carbonyl (C=O) groups is 1. The van der Waals surface area contributed by atoms with Gasteiger partial charge in [-0.05, 0) is 31.0 Å². The molecule has 0 saturated carbocycles.